The monoisotopic (exact) mass is 375 g/mol. The molecule has 0 spiro atoms. The van der Waals surface area contributed by atoms with Crippen LogP contribution in [0.15, 0.2) is 24.3 Å². The van der Waals surface area contributed by atoms with Gasteiger partial charge in [-0.25, -0.2) is 4.39 Å². The molecule has 0 bridgehead atoms. The van der Waals surface area contributed by atoms with Gasteiger partial charge in [0.25, 0.3) is 0 Å². The Morgan fingerprint density at radius 2 is 1.33 bits per heavy atom. The number of anilines is 1. The van der Waals surface area contributed by atoms with Crippen molar-refractivity contribution in [2.45, 2.75) is 39.5 Å². The zero-order valence-electron chi connectivity index (χ0n) is 16.4. The number of carbonyl (C=O) groups excluding carboxylic acids is 2. The lowest BCUT2D eigenvalue weighted by atomic mass is 9.89. The first-order valence-electron chi connectivity index (χ1n) is 9.99. The van der Waals surface area contributed by atoms with Crippen LogP contribution < -0.4 is 4.90 Å². The first-order chi connectivity index (χ1) is 12.9. The van der Waals surface area contributed by atoms with Crippen LogP contribution in [-0.2, 0) is 9.59 Å². The molecule has 1 aromatic rings. The van der Waals surface area contributed by atoms with E-state index in [1.54, 1.807) is 30.9 Å². The van der Waals surface area contributed by atoms with Gasteiger partial charge in [0.1, 0.15) is 11.2 Å². The summed E-state index contributed by atoms with van der Waals surface area (Å²) in [7, 11) is 0. The fraction of sp³-hybridized carbons (Fsp3) is 0.619. The number of benzene rings is 1. The Hall–Kier alpha value is -2.11. The topological polar surface area (TPSA) is 43.9 Å². The predicted octanol–water partition coefficient (Wildman–Crippen LogP) is 2.90. The summed E-state index contributed by atoms with van der Waals surface area (Å²) >= 11 is 0. The quantitative estimate of drug-likeness (QED) is 0.763. The SMILES string of the molecule is CC(C)(C(=O)N1CCCCCC1)C(=O)N1CCN(c2ccccc2F)CC1. The summed E-state index contributed by atoms with van der Waals surface area (Å²) < 4.78 is 14.0. The fourth-order valence-electron chi connectivity index (χ4n) is 4.01. The van der Waals surface area contributed by atoms with Crippen molar-refractivity contribution in [3.05, 3.63) is 30.1 Å². The number of carbonyl (C=O) groups is 2. The number of nitrogens with zero attached hydrogens (tertiary/aromatic N) is 3. The lowest BCUT2D eigenvalue weighted by molar-refractivity contribution is -0.154. The Kier molecular flexibility index (Phi) is 6.02. The third-order valence-electron chi connectivity index (χ3n) is 5.72. The number of amides is 2. The number of hydrogen-bond donors (Lipinski definition) is 0. The van der Waals surface area contributed by atoms with Gasteiger partial charge in [0, 0.05) is 39.3 Å². The van der Waals surface area contributed by atoms with Gasteiger partial charge in [-0.2, -0.15) is 0 Å². The molecule has 0 aliphatic carbocycles. The van der Waals surface area contributed by atoms with Crippen molar-refractivity contribution in [3.63, 3.8) is 0 Å². The van der Waals surface area contributed by atoms with Gasteiger partial charge in [0.15, 0.2) is 0 Å². The number of para-hydroxylation sites is 1. The van der Waals surface area contributed by atoms with Crippen molar-refractivity contribution in [2.75, 3.05) is 44.2 Å². The van der Waals surface area contributed by atoms with E-state index in [2.05, 4.69) is 0 Å². The van der Waals surface area contributed by atoms with Crippen molar-refractivity contribution in [2.24, 2.45) is 5.41 Å². The van der Waals surface area contributed by atoms with Crippen LogP contribution in [0.25, 0.3) is 0 Å². The van der Waals surface area contributed by atoms with Crippen molar-refractivity contribution in [1.82, 2.24) is 9.80 Å². The second-order valence-corrected chi connectivity index (χ2v) is 8.06. The summed E-state index contributed by atoms with van der Waals surface area (Å²) in [4.78, 5) is 31.7. The van der Waals surface area contributed by atoms with E-state index in [9.17, 15) is 14.0 Å². The van der Waals surface area contributed by atoms with Crippen LogP contribution in [0.3, 0.4) is 0 Å². The zero-order valence-corrected chi connectivity index (χ0v) is 16.4. The first-order valence-corrected chi connectivity index (χ1v) is 9.99. The molecule has 0 unspecified atom stereocenters. The highest BCUT2D eigenvalue weighted by Crippen LogP contribution is 2.26. The Balaban J connectivity index is 1.62. The van der Waals surface area contributed by atoms with Crippen LogP contribution >= 0.6 is 0 Å². The molecular weight excluding hydrogens is 345 g/mol. The maximum atomic E-state index is 14.0. The normalized spacial score (nSPS) is 19.0. The standard InChI is InChI=1S/C21H30FN3O2/c1-21(2,19(26)24-11-7-3-4-8-12-24)20(27)25-15-13-23(14-16-25)18-10-6-5-9-17(18)22/h5-6,9-10H,3-4,7-8,11-16H2,1-2H3. The average Bonchev–Trinajstić information content (AvgIpc) is 2.97. The van der Waals surface area contributed by atoms with Crippen molar-refractivity contribution in [1.29, 1.82) is 0 Å². The first kappa shape index (κ1) is 19.6. The molecule has 0 atom stereocenters. The number of rotatable bonds is 3. The minimum absolute atomic E-state index is 0.0640. The largest absolute Gasteiger partial charge is 0.366 e. The average molecular weight is 375 g/mol. The molecule has 2 saturated heterocycles. The lowest BCUT2D eigenvalue weighted by Gasteiger charge is -2.40. The molecule has 5 nitrogen and oxygen atoms in total. The zero-order chi connectivity index (χ0) is 19.4. The molecule has 2 fully saturated rings. The second-order valence-electron chi connectivity index (χ2n) is 8.06. The lowest BCUT2D eigenvalue weighted by Crippen LogP contribution is -2.56. The van der Waals surface area contributed by atoms with Gasteiger partial charge in [0.05, 0.1) is 5.69 Å². The van der Waals surface area contributed by atoms with Gasteiger partial charge in [-0.3, -0.25) is 9.59 Å². The second kappa shape index (κ2) is 8.28. The van der Waals surface area contributed by atoms with Gasteiger partial charge >= 0.3 is 0 Å². The van der Waals surface area contributed by atoms with Crippen LogP contribution in [-0.4, -0.2) is 60.9 Å². The van der Waals surface area contributed by atoms with E-state index >= 15 is 0 Å². The van der Waals surface area contributed by atoms with Gasteiger partial charge in [-0.05, 0) is 38.8 Å². The van der Waals surface area contributed by atoms with E-state index in [0.717, 1.165) is 38.8 Å². The molecule has 2 aliphatic heterocycles. The Morgan fingerprint density at radius 1 is 0.815 bits per heavy atom. The molecule has 2 amide bonds. The van der Waals surface area contributed by atoms with Crippen LogP contribution in [0.2, 0.25) is 0 Å². The van der Waals surface area contributed by atoms with Gasteiger partial charge in [-0.15, -0.1) is 0 Å². The highest BCUT2D eigenvalue weighted by Gasteiger charge is 2.42. The van der Waals surface area contributed by atoms with Gasteiger partial charge in [-0.1, -0.05) is 25.0 Å². The van der Waals surface area contributed by atoms with Crippen LogP contribution in [0.4, 0.5) is 10.1 Å². The van der Waals surface area contributed by atoms with Crippen molar-refractivity contribution < 1.29 is 14.0 Å². The van der Waals surface area contributed by atoms with E-state index < -0.39 is 5.41 Å². The van der Waals surface area contributed by atoms with E-state index in [1.165, 1.54) is 6.07 Å². The molecule has 0 aromatic heterocycles. The van der Waals surface area contributed by atoms with E-state index in [-0.39, 0.29) is 17.6 Å². The molecule has 2 heterocycles. The molecule has 2 aliphatic rings. The molecule has 3 rings (SSSR count). The van der Waals surface area contributed by atoms with Crippen LogP contribution in [0.1, 0.15) is 39.5 Å². The van der Waals surface area contributed by atoms with Crippen molar-refractivity contribution >= 4 is 17.5 Å². The Labute approximate surface area is 161 Å². The molecule has 6 heteroatoms. The highest BCUT2D eigenvalue weighted by molar-refractivity contribution is 6.04. The number of likely N-dealkylation sites (tertiary alicyclic amines) is 1. The summed E-state index contributed by atoms with van der Waals surface area (Å²) in [5, 5.41) is 0. The maximum absolute atomic E-state index is 14.0. The molecule has 148 valence electrons. The summed E-state index contributed by atoms with van der Waals surface area (Å²) in [6.45, 7) is 7.12. The number of piperazine rings is 1. The van der Waals surface area contributed by atoms with E-state index in [4.69, 9.17) is 0 Å². The molecule has 1 aromatic carbocycles. The summed E-state index contributed by atoms with van der Waals surface area (Å²) in [6.07, 6.45) is 4.32. The Morgan fingerprint density at radius 3 is 1.89 bits per heavy atom. The molecule has 0 radical (unpaired) electrons. The molecule has 27 heavy (non-hydrogen) atoms. The third-order valence-corrected chi connectivity index (χ3v) is 5.72. The number of halogens is 1. The molecule has 0 saturated carbocycles. The molecular formula is C21H30FN3O2. The van der Waals surface area contributed by atoms with Crippen molar-refractivity contribution in [3.8, 4) is 0 Å². The summed E-state index contributed by atoms with van der Waals surface area (Å²) in [5.41, 5.74) is -0.477. The molecule has 0 N–H and O–H groups in total. The highest BCUT2D eigenvalue weighted by atomic mass is 19.1. The smallest absolute Gasteiger partial charge is 0.237 e. The van der Waals surface area contributed by atoms with Gasteiger partial charge in [0.2, 0.25) is 11.8 Å². The van der Waals surface area contributed by atoms with E-state index in [1.807, 2.05) is 15.9 Å². The third kappa shape index (κ3) is 4.25. The maximum Gasteiger partial charge on any atom is 0.237 e. The predicted molar refractivity (Wildman–Crippen MR) is 104 cm³/mol. The fourth-order valence-corrected chi connectivity index (χ4v) is 4.01. The minimum Gasteiger partial charge on any atom is -0.366 e. The van der Waals surface area contributed by atoms with Gasteiger partial charge < -0.3 is 14.7 Å². The summed E-state index contributed by atoms with van der Waals surface area (Å²) in [5.74, 6) is -0.426. The minimum atomic E-state index is -1.05. The van der Waals surface area contributed by atoms with Crippen LogP contribution in [0.5, 0.6) is 0 Å². The number of hydrogen-bond acceptors (Lipinski definition) is 3. The summed E-state index contributed by atoms with van der Waals surface area (Å²) in [6, 6.07) is 6.71. The van der Waals surface area contributed by atoms with E-state index in [0.29, 0.717) is 31.9 Å². The Bertz CT molecular complexity index is 676. The van der Waals surface area contributed by atoms with Crippen LogP contribution in [0, 0.1) is 11.2 Å².